The predicted molar refractivity (Wildman–Crippen MR) is 93.4 cm³/mol. The Bertz CT molecular complexity index is 665. The van der Waals surface area contributed by atoms with Gasteiger partial charge in [0, 0.05) is 6.92 Å². The Morgan fingerprint density at radius 2 is 1.16 bits per heavy atom. The van der Waals surface area contributed by atoms with Gasteiger partial charge in [-0.25, -0.2) is 0 Å². The van der Waals surface area contributed by atoms with Crippen LogP contribution in [0, 0.1) is 0 Å². The van der Waals surface area contributed by atoms with E-state index in [1.54, 1.807) is 0 Å². The molecule has 0 aliphatic heterocycles. The lowest BCUT2D eigenvalue weighted by atomic mass is 10.2. The van der Waals surface area contributed by atoms with E-state index in [0.29, 0.717) is 6.61 Å². The third kappa shape index (κ3) is 10.4. The van der Waals surface area contributed by atoms with Crippen LogP contribution in [0.4, 0.5) is 0 Å². The normalized spacial score (nSPS) is 9.36. The number of rotatable bonds is 6. The summed E-state index contributed by atoms with van der Waals surface area (Å²) in [5.41, 5.74) is 1.94. The van der Waals surface area contributed by atoms with Crippen molar-refractivity contribution in [2.45, 2.75) is 33.5 Å². The van der Waals surface area contributed by atoms with Crippen molar-refractivity contribution in [1.29, 1.82) is 0 Å². The van der Waals surface area contributed by atoms with E-state index < -0.39 is 5.97 Å². The van der Waals surface area contributed by atoms with Crippen LogP contribution in [0.2, 0.25) is 0 Å². The van der Waals surface area contributed by atoms with E-state index in [1.165, 1.54) is 13.8 Å². The fourth-order valence-corrected chi connectivity index (χ4v) is 1.75. The number of hydrogen-bond donors (Lipinski definition) is 0. The molecule has 132 valence electrons. The van der Waals surface area contributed by atoms with Crippen molar-refractivity contribution in [3.8, 4) is 0 Å². The Kier molecular flexibility index (Phi) is 9.30. The van der Waals surface area contributed by atoms with E-state index in [0.717, 1.165) is 11.1 Å². The van der Waals surface area contributed by atoms with Crippen LogP contribution in [0.3, 0.4) is 0 Å². The fraction of sp³-hybridized carbons (Fsp3) is 0.250. The van der Waals surface area contributed by atoms with Crippen molar-refractivity contribution in [3.05, 3.63) is 71.8 Å². The summed E-state index contributed by atoms with van der Waals surface area (Å²) in [7, 11) is 0. The number of hydrogen-bond acceptors (Lipinski definition) is 5. The molecule has 0 saturated carbocycles. The summed E-state index contributed by atoms with van der Waals surface area (Å²) in [6.45, 7) is 3.37. The molecule has 0 unspecified atom stereocenters. The van der Waals surface area contributed by atoms with Crippen LogP contribution in [-0.2, 0) is 37.1 Å². The van der Waals surface area contributed by atoms with Gasteiger partial charge >= 0.3 is 11.9 Å². The molecular weight excluding hydrogens is 320 g/mol. The Morgan fingerprint density at radius 1 is 0.720 bits per heavy atom. The van der Waals surface area contributed by atoms with Gasteiger partial charge in [0.25, 0.3) is 0 Å². The van der Waals surface area contributed by atoms with Gasteiger partial charge in [-0.15, -0.1) is 0 Å². The molecule has 0 saturated heterocycles. The van der Waals surface area contributed by atoms with Gasteiger partial charge in [-0.1, -0.05) is 60.7 Å². The topological polar surface area (TPSA) is 69.7 Å². The largest absolute Gasteiger partial charge is 0.461 e. The van der Waals surface area contributed by atoms with E-state index >= 15 is 0 Å². The van der Waals surface area contributed by atoms with Gasteiger partial charge < -0.3 is 9.47 Å². The molecule has 5 nitrogen and oxygen atoms in total. The highest BCUT2D eigenvalue weighted by Crippen LogP contribution is 2.01. The highest BCUT2D eigenvalue weighted by atomic mass is 16.5. The van der Waals surface area contributed by atoms with Crippen LogP contribution >= 0.6 is 0 Å². The van der Waals surface area contributed by atoms with Gasteiger partial charge in [-0.05, 0) is 18.1 Å². The van der Waals surface area contributed by atoms with Gasteiger partial charge in [0.1, 0.15) is 25.4 Å². The quantitative estimate of drug-likeness (QED) is 0.594. The third-order valence-electron chi connectivity index (χ3n) is 2.92. The molecule has 0 aromatic heterocycles. The summed E-state index contributed by atoms with van der Waals surface area (Å²) < 4.78 is 9.67. The number of esters is 2. The Balaban J connectivity index is 0.000000257. The number of ether oxygens (including phenoxy) is 2. The van der Waals surface area contributed by atoms with Crippen LogP contribution in [-0.4, -0.2) is 17.7 Å². The van der Waals surface area contributed by atoms with Gasteiger partial charge in [0.05, 0.1) is 0 Å². The molecule has 0 aliphatic carbocycles. The first-order chi connectivity index (χ1) is 12.0. The maximum atomic E-state index is 11.0. The fourth-order valence-electron chi connectivity index (χ4n) is 1.75. The van der Waals surface area contributed by atoms with Crippen molar-refractivity contribution < 1.29 is 23.9 Å². The molecule has 0 amide bonds. The lowest BCUT2D eigenvalue weighted by molar-refractivity contribution is -0.147. The van der Waals surface area contributed by atoms with E-state index in [1.807, 2.05) is 60.7 Å². The van der Waals surface area contributed by atoms with Gasteiger partial charge in [0.15, 0.2) is 0 Å². The zero-order valence-electron chi connectivity index (χ0n) is 14.4. The smallest absolute Gasteiger partial charge is 0.313 e. The van der Waals surface area contributed by atoms with E-state index in [9.17, 15) is 14.4 Å². The molecule has 0 atom stereocenters. The summed E-state index contributed by atoms with van der Waals surface area (Å²) in [5, 5.41) is 0. The summed E-state index contributed by atoms with van der Waals surface area (Å²) in [4.78, 5) is 31.9. The number of Topliss-reactive ketones (excluding diaryl/α,β-unsaturated/α-hetero) is 1. The van der Waals surface area contributed by atoms with Crippen LogP contribution in [0.25, 0.3) is 0 Å². The summed E-state index contributed by atoms with van der Waals surface area (Å²) >= 11 is 0. The molecule has 0 aliphatic rings. The van der Waals surface area contributed by atoms with Gasteiger partial charge in [-0.2, -0.15) is 0 Å². The molecule has 2 aromatic rings. The third-order valence-corrected chi connectivity index (χ3v) is 2.92. The second kappa shape index (κ2) is 11.6. The molecule has 0 radical (unpaired) electrons. The lowest BCUT2D eigenvalue weighted by Crippen LogP contribution is -2.08. The van der Waals surface area contributed by atoms with E-state index in [4.69, 9.17) is 9.47 Å². The van der Waals surface area contributed by atoms with Gasteiger partial charge in [-0.3, -0.25) is 14.4 Å². The molecule has 0 spiro atoms. The number of ketones is 1. The minimum Gasteiger partial charge on any atom is -0.461 e. The lowest BCUT2D eigenvalue weighted by Gasteiger charge is -2.02. The number of carbonyl (C=O) groups excluding carboxylic acids is 3. The van der Waals surface area contributed by atoms with Crippen molar-refractivity contribution in [1.82, 2.24) is 0 Å². The molecule has 0 N–H and O–H groups in total. The van der Waals surface area contributed by atoms with Crippen molar-refractivity contribution in [2.24, 2.45) is 0 Å². The van der Waals surface area contributed by atoms with E-state index in [2.05, 4.69) is 0 Å². The van der Waals surface area contributed by atoms with Crippen molar-refractivity contribution >= 4 is 17.7 Å². The van der Waals surface area contributed by atoms with Crippen LogP contribution in [0.5, 0.6) is 0 Å². The molecule has 5 heteroatoms. The molecule has 0 fully saturated rings. The van der Waals surface area contributed by atoms with Gasteiger partial charge in [0.2, 0.25) is 0 Å². The zero-order valence-corrected chi connectivity index (χ0v) is 14.4. The minimum atomic E-state index is -0.471. The Labute approximate surface area is 147 Å². The molecule has 0 bridgehead atoms. The van der Waals surface area contributed by atoms with E-state index in [-0.39, 0.29) is 24.8 Å². The second-order valence-corrected chi connectivity index (χ2v) is 5.29. The Hall–Kier alpha value is -2.95. The molecule has 2 aromatic carbocycles. The average Bonchev–Trinajstić information content (AvgIpc) is 2.60. The first-order valence-electron chi connectivity index (χ1n) is 7.83. The summed E-state index contributed by atoms with van der Waals surface area (Å²) in [6, 6.07) is 19.0. The minimum absolute atomic E-state index is 0.146. The first-order valence-corrected chi connectivity index (χ1v) is 7.83. The highest BCUT2D eigenvalue weighted by molar-refractivity contribution is 5.94. The highest BCUT2D eigenvalue weighted by Gasteiger charge is 2.05. The Morgan fingerprint density at radius 3 is 1.56 bits per heavy atom. The monoisotopic (exact) mass is 342 g/mol. The van der Waals surface area contributed by atoms with Crippen molar-refractivity contribution in [3.63, 3.8) is 0 Å². The number of carbonyl (C=O) groups is 3. The second-order valence-electron chi connectivity index (χ2n) is 5.29. The number of benzene rings is 2. The SMILES string of the molecule is CC(=O)CC(=O)OCc1ccccc1.CC(=O)OCc1ccccc1. The van der Waals surface area contributed by atoms with Crippen LogP contribution in [0.1, 0.15) is 31.4 Å². The average molecular weight is 342 g/mol. The maximum Gasteiger partial charge on any atom is 0.313 e. The summed E-state index contributed by atoms with van der Waals surface area (Å²) in [6.07, 6.45) is -0.146. The molecule has 0 heterocycles. The van der Waals surface area contributed by atoms with Crippen LogP contribution in [0.15, 0.2) is 60.7 Å². The zero-order chi connectivity index (χ0) is 18.5. The molecule has 25 heavy (non-hydrogen) atoms. The molecule has 2 rings (SSSR count). The standard InChI is InChI=1S/C11H12O3.C9H10O2/c1-9(12)7-11(13)14-8-10-5-3-2-4-6-10;1-8(10)11-7-9-5-3-2-4-6-9/h2-6H,7-8H2,1H3;2-6H,7H2,1H3. The predicted octanol–water partition coefficient (Wildman–Crippen LogP) is 3.46. The molecular formula is C20H22O5. The maximum absolute atomic E-state index is 11.0. The summed E-state index contributed by atoms with van der Waals surface area (Å²) in [5.74, 6) is -0.890. The van der Waals surface area contributed by atoms with Crippen LogP contribution < -0.4 is 0 Å². The van der Waals surface area contributed by atoms with Crippen molar-refractivity contribution in [2.75, 3.05) is 0 Å². The first kappa shape index (κ1) is 20.1.